The summed E-state index contributed by atoms with van der Waals surface area (Å²) in [5.74, 6) is 0.604. The van der Waals surface area contributed by atoms with Crippen LogP contribution < -0.4 is 10.5 Å². The number of ether oxygens (including phenoxy) is 1. The van der Waals surface area contributed by atoms with E-state index in [-0.39, 0.29) is 18.2 Å². The van der Waals surface area contributed by atoms with Crippen LogP contribution in [0.2, 0.25) is 0 Å². The SMILES string of the molecule is COc1cc(CCC(=O)N2CC[C@](Cc3cccc(-c4cccs4)c3)(C(N)=O)C2)on1. The molecule has 31 heavy (non-hydrogen) atoms. The number of benzene rings is 1. The zero-order valence-electron chi connectivity index (χ0n) is 17.4. The Morgan fingerprint density at radius 3 is 2.87 bits per heavy atom. The van der Waals surface area contributed by atoms with Gasteiger partial charge >= 0.3 is 0 Å². The second-order valence-corrected chi connectivity index (χ2v) is 8.85. The van der Waals surface area contributed by atoms with Crippen LogP contribution in [0.5, 0.6) is 5.88 Å². The van der Waals surface area contributed by atoms with Crippen LogP contribution in [0.3, 0.4) is 0 Å². The van der Waals surface area contributed by atoms with Gasteiger partial charge in [0.1, 0.15) is 5.76 Å². The molecular formula is C23H25N3O4S. The van der Waals surface area contributed by atoms with Crippen LogP contribution in [-0.4, -0.2) is 42.1 Å². The van der Waals surface area contributed by atoms with Crippen molar-refractivity contribution in [2.45, 2.75) is 25.7 Å². The first-order valence-electron chi connectivity index (χ1n) is 10.2. The van der Waals surface area contributed by atoms with Gasteiger partial charge in [0, 0.05) is 36.9 Å². The Labute approximate surface area is 184 Å². The van der Waals surface area contributed by atoms with Crippen LogP contribution in [0.1, 0.15) is 24.2 Å². The van der Waals surface area contributed by atoms with Crippen LogP contribution in [0.4, 0.5) is 0 Å². The van der Waals surface area contributed by atoms with Gasteiger partial charge in [0.05, 0.1) is 12.5 Å². The van der Waals surface area contributed by atoms with Gasteiger partial charge in [-0.3, -0.25) is 9.59 Å². The molecule has 1 aliphatic heterocycles. The fraction of sp³-hybridized carbons (Fsp3) is 0.348. The highest BCUT2D eigenvalue weighted by Crippen LogP contribution is 2.36. The van der Waals surface area contributed by atoms with Gasteiger partial charge in [-0.05, 0) is 40.6 Å². The van der Waals surface area contributed by atoms with Crippen molar-refractivity contribution in [3.8, 4) is 16.3 Å². The maximum absolute atomic E-state index is 12.7. The summed E-state index contributed by atoms with van der Waals surface area (Å²) in [6.45, 7) is 0.857. The van der Waals surface area contributed by atoms with E-state index in [0.717, 1.165) is 11.1 Å². The van der Waals surface area contributed by atoms with E-state index in [1.54, 1.807) is 22.3 Å². The van der Waals surface area contributed by atoms with Gasteiger partial charge in [-0.2, -0.15) is 0 Å². The number of hydrogen-bond acceptors (Lipinski definition) is 6. The first kappa shape index (κ1) is 21.1. The highest BCUT2D eigenvalue weighted by Gasteiger charge is 2.44. The Bertz CT molecular complexity index is 1060. The van der Waals surface area contributed by atoms with Gasteiger partial charge in [-0.25, -0.2) is 0 Å². The van der Waals surface area contributed by atoms with Crippen molar-refractivity contribution in [1.82, 2.24) is 10.1 Å². The molecule has 0 unspecified atom stereocenters. The average molecular weight is 440 g/mol. The summed E-state index contributed by atoms with van der Waals surface area (Å²) in [5, 5.41) is 5.79. The summed E-state index contributed by atoms with van der Waals surface area (Å²) in [5.41, 5.74) is 7.27. The Hall–Kier alpha value is -3.13. The number of amides is 2. The number of thiophene rings is 1. The third kappa shape index (κ3) is 4.64. The quantitative estimate of drug-likeness (QED) is 0.581. The number of aryl methyl sites for hydroxylation is 1. The molecule has 0 aliphatic carbocycles. The van der Waals surface area contributed by atoms with Gasteiger partial charge in [-0.1, -0.05) is 30.3 Å². The number of carbonyl (C=O) groups is 2. The lowest BCUT2D eigenvalue weighted by atomic mass is 9.80. The lowest BCUT2D eigenvalue weighted by Crippen LogP contribution is -2.42. The normalized spacial score (nSPS) is 18.3. The van der Waals surface area contributed by atoms with E-state index in [9.17, 15) is 9.59 Å². The molecule has 2 aromatic heterocycles. The topological polar surface area (TPSA) is 98.7 Å². The molecule has 8 heteroatoms. The fourth-order valence-electron chi connectivity index (χ4n) is 4.08. The van der Waals surface area contributed by atoms with E-state index in [1.807, 2.05) is 23.6 Å². The van der Waals surface area contributed by atoms with Crippen LogP contribution in [0.15, 0.2) is 52.4 Å². The van der Waals surface area contributed by atoms with Gasteiger partial charge in [0.15, 0.2) is 0 Å². The van der Waals surface area contributed by atoms with E-state index in [1.165, 1.54) is 12.0 Å². The number of primary amides is 1. The van der Waals surface area contributed by atoms with E-state index < -0.39 is 5.41 Å². The number of nitrogens with zero attached hydrogens (tertiary/aromatic N) is 2. The minimum absolute atomic E-state index is 0.0224. The molecule has 4 rings (SSSR count). The summed E-state index contributed by atoms with van der Waals surface area (Å²) >= 11 is 1.68. The third-order valence-electron chi connectivity index (χ3n) is 5.84. The Morgan fingerprint density at radius 2 is 2.16 bits per heavy atom. The zero-order chi connectivity index (χ0) is 21.8. The smallest absolute Gasteiger partial charge is 0.254 e. The maximum Gasteiger partial charge on any atom is 0.254 e. The number of aromatic nitrogens is 1. The molecule has 3 aromatic rings. The molecule has 1 aliphatic rings. The Balaban J connectivity index is 1.42. The molecule has 2 amide bonds. The van der Waals surface area contributed by atoms with Crippen molar-refractivity contribution in [3.05, 3.63) is 59.2 Å². The van der Waals surface area contributed by atoms with E-state index in [4.69, 9.17) is 15.0 Å². The number of nitrogens with two attached hydrogens (primary N) is 1. The van der Waals surface area contributed by atoms with Gasteiger partial charge in [0.25, 0.3) is 5.88 Å². The van der Waals surface area contributed by atoms with E-state index in [2.05, 4.69) is 23.4 Å². The molecule has 7 nitrogen and oxygen atoms in total. The highest BCUT2D eigenvalue weighted by molar-refractivity contribution is 7.13. The summed E-state index contributed by atoms with van der Waals surface area (Å²) in [7, 11) is 1.51. The van der Waals surface area contributed by atoms with Crippen molar-refractivity contribution in [2.24, 2.45) is 11.1 Å². The van der Waals surface area contributed by atoms with Crippen LogP contribution in [-0.2, 0) is 22.4 Å². The van der Waals surface area contributed by atoms with Crippen LogP contribution in [0.25, 0.3) is 10.4 Å². The summed E-state index contributed by atoms with van der Waals surface area (Å²) in [4.78, 5) is 28.1. The molecule has 0 bridgehead atoms. The molecule has 1 saturated heterocycles. The predicted octanol–water partition coefficient (Wildman–Crippen LogP) is 3.29. The molecule has 1 aromatic carbocycles. The number of rotatable bonds is 8. The van der Waals surface area contributed by atoms with Crippen molar-refractivity contribution < 1.29 is 18.8 Å². The molecule has 1 fully saturated rings. The maximum atomic E-state index is 12.7. The van der Waals surface area contributed by atoms with E-state index >= 15 is 0 Å². The number of likely N-dealkylation sites (tertiary alicyclic amines) is 1. The van der Waals surface area contributed by atoms with Crippen molar-refractivity contribution in [2.75, 3.05) is 20.2 Å². The van der Waals surface area contributed by atoms with Crippen LogP contribution in [0, 0.1) is 5.41 Å². The van der Waals surface area contributed by atoms with Crippen molar-refractivity contribution in [3.63, 3.8) is 0 Å². The fourth-order valence-corrected chi connectivity index (χ4v) is 4.81. The number of hydrogen-bond donors (Lipinski definition) is 1. The van der Waals surface area contributed by atoms with Gasteiger partial charge in [0.2, 0.25) is 11.8 Å². The molecule has 3 heterocycles. The molecule has 0 saturated carbocycles. The standard InChI is InChI=1S/C23H25N3O4S/c1-29-20-13-18(30-25-20)7-8-21(27)26-10-9-23(15-26,22(24)28)14-16-4-2-5-17(12-16)19-6-3-11-31-19/h2-6,11-13H,7-10,14-15H2,1H3,(H2,24,28)/t23-/m1/s1. The lowest BCUT2D eigenvalue weighted by Gasteiger charge is -2.26. The third-order valence-corrected chi connectivity index (χ3v) is 6.76. The Morgan fingerprint density at radius 1 is 1.29 bits per heavy atom. The molecule has 1 atom stereocenters. The Kier molecular flexibility index (Phi) is 6.08. The number of methoxy groups -OCH3 is 1. The van der Waals surface area contributed by atoms with Crippen molar-refractivity contribution in [1.29, 1.82) is 0 Å². The summed E-state index contributed by atoms with van der Waals surface area (Å²) in [6.07, 6.45) is 1.79. The second-order valence-electron chi connectivity index (χ2n) is 7.90. The average Bonchev–Trinajstić information content (AvgIpc) is 3.53. The van der Waals surface area contributed by atoms with E-state index in [0.29, 0.717) is 44.0 Å². The van der Waals surface area contributed by atoms with Crippen molar-refractivity contribution >= 4 is 23.2 Å². The molecule has 162 valence electrons. The highest BCUT2D eigenvalue weighted by atomic mass is 32.1. The largest absolute Gasteiger partial charge is 0.479 e. The minimum Gasteiger partial charge on any atom is -0.479 e. The molecule has 0 radical (unpaired) electrons. The second kappa shape index (κ2) is 8.93. The van der Waals surface area contributed by atoms with Crippen LogP contribution >= 0.6 is 11.3 Å². The molecular weight excluding hydrogens is 414 g/mol. The number of carbonyl (C=O) groups excluding carboxylic acids is 2. The first-order chi connectivity index (χ1) is 15.0. The molecule has 2 N–H and O–H groups in total. The monoisotopic (exact) mass is 439 g/mol. The lowest BCUT2D eigenvalue weighted by molar-refractivity contribution is -0.132. The first-order valence-corrected chi connectivity index (χ1v) is 11.1. The predicted molar refractivity (Wildman–Crippen MR) is 118 cm³/mol. The zero-order valence-corrected chi connectivity index (χ0v) is 18.2. The molecule has 0 spiro atoms. The summed E-state index contributed by atoms with van der Waals surface area (Å²) < 4.78 is 10.1. The minimum atomic E-state index is -0.751. The summed E-state index contributed by atoms with van der Waals surface area (Å²) in [6, 6.07) is 14.0. The van der Waals surface area contributed by atoms with Gasteiger partial charge < -0.3 is 19.9 Å². The van der Waals surface area contributed by atoms with Gasteiger partial charge in [-0.15, -0.1) is 11.3 Å².